The fraction of sp³-hybridized carbons (Fsp3) is 0.750. The Bertz CT molecular complexity index is 313. The number of aryl methyl sites for hydroxylation is 3. The Morgan fingerprint density at radius 2 is 2.27 bits per heavy atom. The molecule has 1 aliphatic carbocycles. The van der Waals surface area contributed by atoms with Gasteiger partial charge in [-0.05, 0) is 45.7 Å². The second-order valence-electron chi connectivity index (χ2n) is 4.59. The van der Waals surface area contributed by atoms with Crippen LogP contribution in [0.15, 0.2) is 6.07 Å². The van der Waals surface area contributed by atoms with E-state index in [1.807, 2.05) is 0 Å². The molecular weight excluding hydrogens is 186 g/mol. The van der Waals surface area contributed by atoms with Crippen LogP contribution >= 0.6 is 0 Å². The van der Waals surface area contributed by atoms with Crippen molar-refractivity contribution in [1.29, 1.82) is 0 Å². The number of nitrogens with one attached hydrogen (secondary N) is 1. The molecule has 1 heterocycles. The predicted molar refractivity (Wildman–Crippen MR) is 62.0 cm³/mol. The summed E-state index contributed by atoms with van der Waals surface area (Å²) >= 11 is 0. The van der Waals surface area contributed by atoms with E-state index in [1.54, 1.807) is 0 Å². The van der Waals surface area contributed by atoms with Crippen LogP contribution in [0.1, 0.15) is 37.1 Å². The molecule has 0 aromatic carbocycles. The molecule has 0 bridgehead atoms. The van der Waals surface area contributed by atoms with Crippen LogP contribution < -0.4 is 5.32 Å². The van der Waals surface area contributed by atoms with Crippen molar-refractivity contribution in [3.63, 3.8) is 0 Å². The minimum atomic E-state index is 0.811. The predicted octanol–water partition coefficient (Wildman–Crippen LogP) is 2.03. The molecular formula is C12H21N3. The van der Waals surface area contributed by atoms with Gasteiger partial charge in [-0.3, -0.25) is 4.68 Å². The van der Waals surface area contributed by atoms with Crippen LogP contribution in [0.5, 0.6) is 0 Å². The van der Waals surface area contributed by atoms with E-state index in [1.165, 1.54) is 31.4 Å². The largest absolute Gasteiger partial charge is 0.314 e. The zero-order chi connectivity index (χ0) is 10.7. The van der Waals surface area contributed by atoms with Crippen LogP contribution in [-0.2, 0) is 6.54 Å². The van der Waals surface area contributed by atoms with Gasteiger partial charge in [-0.2, -0.15) is 5.10 Å². The maximum atomic E-state index is 4.45. The monoisotopic (exact) mass is 207 g/mol. The molecule has 1 fully saturated rings. The van der Waals surface area contributed by atoms with Crippen molar-refractivity contribution in [2.75, 3.05) is 6.54 Å². The molecule has 0 saturated heterocycles. The van der Waals surface area contributed by atoms with Crippen molar-refractivity contribution in [3.05, 3.63) is 17.5 Å². The highest BCUT2D eigenvalue weighted by atomic mass is 15.3. The van der Waals surface area contributed by atoms with Crippen LogP contribution in [0.4, 0.5) is 0 Å². The van der Waals surface area contributed by atoms with Gasteiger partial charge in [-0.25, -0.2) is 0 Å². The van der Waals surface area contributed by atoms with E-state index in [4.69, 9.17) is 0 Å². The van der Waals surface area contributed by atoms with Gasteiger partial charge in [0.05, 0.1) is 5.69 Å². The Balaban J connectivity index is 1.66. The average Bonchev–Trinajstić information content (AvgIpc) is 2.42. The van der Waals surface area contributed by atoms with E-state index < -0.39 is 0 Å². The highest BCUT2D eigenvalue weighted by Gasteiger charge is 2.15. The first-order chi connectivity index (χ1) is 7.25. The fourth-order valence-electron chi connectivity index (χ4n) is 2.05. The number of hydrogen-bond acceptors (Lipinski definition) is 2. The second-order valence-corrected chi connectivity index (χ2v) is 4.59. The van der Waals surface area contributed by atoms with Crippen molar-refractivity contribution in [1.82, 2.24) is 15.1 Å². The summed E-state index contributed by atoms with van der Waals surface area (Å²) < 4.78 is 2.11. The van der Waals surface area contributed by atoms with E-state index in [-0.39, 0.29) is 0 Å². The maximum absolute atomic E-state index is 4.45. The van der Waals surface area contributed by atoms with Gasteiger partial charge < -0.3 is 5.32 Å². The summed E-state index contributed by atoms with van der Waals surface area (Å²) in [5, 5.41) is 8.02. The minimum absolute atomic E-state index is 0.811. The quantitative estimate of drug-likeness (QED) is 0.749. The third kappa shape index (κ3) is 2.81. The standard InChI is InChI=1S/C12H21N3/c1-10-9-11(2)15(14-10)8-4-7-13-12-5-3-6-12/h9,12-13H,3-8H2,1-2H3. The molecule has 15 heavy (non-hydrogen) atoms. The molecule has 84 valence electrons. The zero-order valence-corrected chi connectivity index (χ0v) is 9.79. The third-order valence-electron chi connectivity index (χ3n) is 3.19. The summed E-state index contributed by atoms with van der Waals surface area (Å²) in [5.74, 6) is 0. The lowest BCUT2D eigenvalue weighted by Crippen LogP contribution is -2.35. The van der Waals surface area contributed by atoms with Crippen LogP contribution in [0.25, 0.3) is 0 Å². The summed E-state index contributed by atoms with van der Waals surface area (Å²) in [6.45, 7) is 6.35. The molecule has 1 N–H and O–H groups in total. The SMILES string of the molecule is Cc1cc(C)n(CCCNC2CCC2)n1. The van der Waals surface area contributed by atoms with Gasteiger partial charge in [0.15, 0.2) is 0 Å². The van der Waals surface area contributed by atoms with Crippen LogP contribution in [0.2, 0.25) is 0 Å². The van der Waals surface area contributed by atoms with E-state index in [9.17, 15) is 0 Å². The van der Waals surface area contributed by atoms with Crippen LogP contribution in [-0.4, -0.2) is 22.4 Å². The van der Waals surface area contributed by atoms with E-state index in [0.29, 0.717) is 0 Å². The molecule has 2 rings (SSSR count). The van der Waals surface area contributed by atoms with E-state index in [0.717, 1.165) is 24.8 Å². The van der Waals surface area contributed by atoms with Crippen LogP contribution in [0, 0.1) is 13.8 Å². The van der Waals surface area contributed by atoms with Crippen molar-refractivity contribution in [2.45, 2.75) is 52.1 Å². The molecule has 1 aliphatic rings. The zero-order valence-electron chi connectivity index (χ0n) is 9.79. The lowest BCUT2D eigenvalue weighted by molar-refractivity contribution is 0.334. The van der Waals surface area contributed by atoms with Gasteiger partial charge in [0.25, 0.3) is 0 Å². The summed E-state index contributed by atoms with van der Waals surface area (Å²) in [6, 6.07) is 2.95. The normalized spacial score (nSPS) is 16.7. The molecule has 0 spiro atoms. The van der Waals surface area contributed by atoms with Gasteiger partial charge in [-0.15, -0.1) is 0 Å². The number of rotatable bonds is 5. The Labute approximate surface area is 91.9 Å². The molecule has 1 aromatic heterocycles. The molecule has 0 amide bonds. The minimum Gasteiger partial charge on any atom is -0.314 e. The van der Waals surface area contributed by atoms with Gasteiger partial charge >= 0.3 is 0 Å². The lowest BCUT2D eigenvalue weighted by atomic mass is 9.93. The topological polar surface area (TPSA) is 29.9 Å². The van der Waals surface area contributed by atoms with E-state index in [2.05, 4.69) is 35.0 Å². The molecule has 0 radical (unpaired) electrons. The van der Waals surface area contributed by atoms with Gasteiger partial charge in [0.1, 0.15) is 0 Å². The van der Waals surface area contributed by atoms with Gasteiger partial charge in [-0.1, -0.05) is 6.42 Å². The molecule has 1 aromatic rings. The summed E-state index contributed by atoms with van der Waals surface area (Å²) in [5.41, 5.74) is 2.40. The smallest absolute Gasteiger partial charge is 0.0596 e. The van der Waals surface area contributed by atoms with Gasteiger partial charge in [0, 0.05) is 18.3 Å². The molecule has 3 nitrogen and oxygen atoms in total. The first kappa shape index (κ1) is 10.7. The Morgan fingerprint density at radius 1 is 1.47 bits per heavy atom. The Kier molecular flexibility index (Phi) is 3.41. The Hall–Kier alpha value is -0.830. The molecule has 0 unspecified atom stereocenters. The summed E-state index contributed by atoms with van der Waals surface area (Å²) in [7, 11) is 0. The average molecular weight is 207 g/mol. The number of hydrogen-bond donors (Lipinski definition) is 1. The van der Waals surface area contributed by atoms with Crippen LogP contribution in [0.3, 0.4) is 0 Å². The highest BCUT2D eigenvalue weighted by Crippen LogP contribution is 2.17. The summed E-state index contributed by atoms with van der Waals surface area (Å²) in [4.78, 5) is 0. The van der Waals surface area contributed by atoms with Gasteiger partial charge in [0.2, 0.25) is 0 Å². The third-order valence-corrected chi connectivity index (χ3v) is 3.19. The number of aromatic nitrogens is 2. The van der Waals surface area contributed by atoms with Crippen molar-refractivity contribution >= 4 is 0 Å². The summed E-state index contributed by atoms with van der Waals surface area (Å²) in [6.07, 6.45) is 5.34. The van der Waals surface area contributed by atoms with Crippen molar-refractivity contribution < 1.29 is 0 Å². The Morgan fingerprint density at radius 3 is 2.80 bits per heavy atom. The molecule has 3 heteroatoms. The molecule has 0 aliphatic heterocycles. The second kappa shape index (κ2) is 4.79. The van der Waals surface area contributed by atoms with E-state index >= 15 is 0 Å². The van der Waals surface area contributed by atoms with Crippen molar-refractivity contribution in [2.24, 2.45) is 0 Å². The molecule has 1 saturated carbocycles. The lowest BCUT2D eigenvalue weighted by Gasteiger charge is -2.26. The molecule has 0 atom stereocenters. The maximum Gasteiger partial charge on any atom is 0.0596 e. The fourth-order valence-corrected chi connectivity index (χ4v) is 2.05. The first-order valence-corrected chi connectivity index (χ1v) is 6.00. The highest BCUT2D eigenvalue weighted by molar-refractivity contribution is 5.06. The van der Waals surface area contributed by atoms with Crippen molar-refractivity contribution in [3.8, 4) is 0 Å². The number of nitrogens with zero attached hydrogens (tertiary/aromatic N) is 2. The first-order valence-electron chi connectivity index (χ1n) is 6.00.